The van der Waals surface area contributed by atoms with Gasteiger partial charge < -0.3 is 24.9 Å². The Kier molecular flexibility index (Phi) is 6.68. The fourth-order valence-corrected chi connectivity index (χ4v) is 3.62. The minimum Gasteiger partial charge on any atom is -0.459 e. The lowest BCUT2D eigenvalue weighted by molar-refractivity contribution is -0.127. The molecule has 0 radical (unpaired) electrons. The van der Waals surface area contributed by atoms with E-state index in [9.17, 15) is 18.8 Å². The minimum atomic E-state index is -0.904. The molecule has 3 aromatic rings. The van der Waals surface area contributed by atoms with E-state index >= 15 is 0 Å². The number of urea groups is 1. The van der Waals surface area contributed by atoms with E-state index in [0.29, 0.717) is 12.2 Å². The number of halogens is 1. The van der Waals surface area contributed by atoms with E-state index < -0.39 is 23.8 Å². The number of nitrogens with one attached hydrogen (secondary N) is 2. The monoisotopic (exact) mass is 450 g/mol. The molecule has 2 heterocycles. The normalized spacial score (nSPS) is 15.7. The van der Waals surface area contributed by atoms with Crippen LogP contribution in [0.25, 0.3) is 0 Å². The topological polar surface area (TPSA) is 94.9 Å². The predicted octanol–water partition coefficient (Wildman–Crippen LogP) is 3.09. The Morgan fingerprint density at radius 2 is 1.73 bits per heavy atom. The van der Waals surface area contributed by atoms with Crippen LogP contribution in [0.3, 0.4) is 0 Å². The molecule has 0 bridgehead atoms. The first-order chi connectivity index (χ1) is 16.0. The van der Waals surface area contributed by atoms with E-state index in [0.717, 1.165) is 5.56 Å². The quantitative estimate of drug-likeness (QED) is 0.625. The number of anilines is 1. The third-order valence-electron chi connectivity index (χ3n) is 5.37. The largest absolute Gasteiger partial charge is 0.459 e. The second-order valence-corrected chi connectivity index (χ2v) is 7.58. The Bertz CT molecular complexity index is 1100. The molecule has 1 aliphatic rings. The molecule has 1 aliphatic heterocycles. The molecule has 9 heteroatoms. The third-order valence-corrected chi connectivity index (χ3v) is 5.37. The van der Waals surface area contributed by atoms with Gasteiger partial charge in [0.25, 0.3) is 5.91 Å². The van der Waals surface area contributed by atoms with Crippen LogP contribution in [0.15, 0.2) is 77.4 Å². The number of benzene rings is 2. The van der Waals surface area contributed by atoms with Gasteiger partial charge in [0, 0.05) is 25.3 Å². The molecule has 4 rings (SSSR count). The summed E-state index contributed by atoms with van der Waals surface area (Å²) in [6, 6.07) is 16.6. The van der Waals surface area contributed by atoms with Crippen LogP contribution >= 0.6 is 0 Å². The van der Waals surface area contributed by atoms with Crippen molar-refractivity contribution in [2.75, 3.05) is 25.0 Å². The fourth-order valence-electron chi connectivity index (χ4n) is 3.62. The Morgan fingerprint density at radius 3 is 2.42 bits per heavy atom. The molecule has 1 atom stereocenters. The standard InChI is InChI=1S/C24H23FN4O4/c25-18-8-10-19(11-9-18)27-24(32)28-12-13-29(23(31)21-7-4-14-33-21)20(16-28)22(30)26-15-17-5-2-1-3-6-17/h1-11,14,20H,12-13,15-16H2,(H,26,30)(H,27,32). The van der Waals surface area contributed by atoms with Gasteiger partial charge in [0.1, 0.15) is 11.9 Å². The zero-order chi connectivity index (χ0) is 23.2. The Balaban J connectivity index is 1.48. The molecule has 0 spiro atoms. The summed E-state index contributed by atoms with van der Waals surface area (Å²) in [4.78, 5) is 41.7. The van der Waals surface area contributed by atoms with Gasteiger partial charge in [-0.15, -0.1) is 0 Å². The molecule has 2 aromatic carbocycles. The maximum atomic E-state index is 13.1. The molecule has 1 aromatic heterocycles. The van der Waals surface area contributed by atoms with Crippen molar-refractivity contribution >= 4 is 23.5 Å². The summed E-state index contributed by atoms with van der Waals surface area (Å²) < 4.78 is 18.4. The number of hydrogen-bond donors (Lipinski definition) is 2. The van der Waals surface area contributed by atoms with Crippen molar-refractivity contribution in [3.05, 3.63) is 90.1 Å². The number of carbonyl (C=O) groups excluding carboxylic acids is 3. The van der Waals surface area contributed by atoms with Crippen LogP contribution in [0.5, 0.6) is 0 Å². The number of nitrogens with zero attached hydrogens (tertiary/aromatic N) is 2. The zero-order valence-corrected chi connectivity index (χ0v) is 17.7. The first-order valence-electron chi connectivity index (χ1n) is 10.5. The van der Waals surface area contributed by atoms with E-state index in [-0.39, 0.29) is 31.3 Å². The van der Waals surface area contributed by atoms with Gasteiger partial charge in [-0.25, -0.2) is 9.18 Å². The second kappa shape index (κ2) is 9.99. The van der Waals surface area contributed by atoms with Gasteiger partial charge >= 0.3 is 6.03 Å². The fraction of sp³-hybridized carbons (Fsp3) is 0.208. The molecule has 170 valence electrons. The highest BCUT2D eigenvalue weighted by atomic mass is 19.1. The number of amides is 4. The molecular formula is C24H23FN4O4. The zero-order valence-electron chi connectivity index (χ0n) is 17.7. The van der Waals surface area contributed by atoms with Crippen LogP contribution in [0.2, 0.25) is 0 Å². The van der Waals surface area contributed by atoms with Gasteiger partial charge in [-0.05, 0) is 42.0 Å². The molecule has 1 saturated heterocycles. The first kappa shape index (κ1) is 22.1. The van der Waals surface area contributed by atoms with Gasteiger partial charge in [0.15, 0.2) is 5.76 Å². The molecule has 8 nitrogen and oxygen atoms in total. The van der Waals surface area contributed by atoms with E-state index in [1.54, 1.807) is 6.07 Å². The summed E-state index contributed by atoms with van der Waals surface area (Å²) in [6.07, 6.45) is 1.39. The number of hydrogen-bond acceptors (Lipinski definition) is 4. The molecule has 2 N–H and O–H groups in total. The minimum absolute atomic E-state index is 0.0000988. The van der Waals surface area contributed by atoms with Gasteiger partial charge in [-0.2, -0.15) is 0 Å². The first-order valence-corrected chi connectivity index (χ1v) is 10.5. The molecule has 1 fully saturated rings. The highest BCUT2D eigenvalue weighted by Gasteiger charge is 2.38. The van der Waals surface area contributed by atoms with Crippen LogP contribution in [-0.4, -0.2) is 53.3 Å². The molecule has 33 heavy (non-hydrogen) atoms. The second-order valence-electron chi connectivity index (χ2n) is 7.58. The molecular weight excluding hydrogens is 427 g/mol. The van der Waals surface area contributed by atoms with Crippen LogP contribution < -0.4 is 10.6 Å². The summed E-state index contributed by atoms with van der Waals surface area (Å²) in [6.45, 7) is 0.669. The lowest BCUT2D eigenvalue weighted by Crippen LogP contribution is -2.62. The Hall–Kier alpha value is -4.14. The smallest absolute Gasteiger partial charge is 0.321 e. The van der Waals surface area contributed by atoms with Crippen LogP contribution in [0.4, 0.5) is 14.9 Å². The van der Waals surface area contributed by atoms with Crippen molar-refractivity contribution in [1.29, 1.82) is 0 Å². The number of carbonyl (C=O) groups is 3. The number of furan rings is 1. The Labute approximate surface area is 190 Å². The molecule has 1 unspecified atom stereocenters. The van der Waals surface area contributed by atoms with E-state index in [2.05, 4.69) is 10.6 Å². The van der Waals surface area contributed by atoms with E-state index in [1.165, 1.54) is 46.4 Å². The maximum Gasteiger partial charge on any atom is 0.321 e. The van der Waals surface area contributed by atoms with Crippen LogP contribution in [-0.2, 0) is 11.3 Å². The van der Waals surface area contributed by atoms with Gasteiger partial charge in [0.05, 0.1) is 12.8 Å². The van der Waals surface area contributed by atoms with E-state index in [4.69, 9.17) is 4.42 Å². The number of piperazine rings is 1. The molecule has 0 aliphatic carbocycles. The predicted molar refractivity (Wildman–Crippen MR) is 119 cm³/mol. The van der Waals surface area contributed by atoms with Crippen LogP contribution in [0, 0.1) is 5.82 Å². The molecule has 0 saturated carbocycles. The lowest BCUT2D eigenvalue weighted by Gasteiger charge is -2.40. The van der Waals surface area contributed by atoms with Gasteiger partial charge in [0.2, 0.25) is 5.91 Å². The van der Waals surface area contributed by atoms with Crippen molar-refractivity contribution < 1.29 is 23.2 Å². The van der Waals surface area contributed by atoms with Crippen molar-refractivity contribution in [3.63, 3.8) is 0 Å². The maximum absolute atomic E-state index is 13.1. The molecule has 4 amide bonds. The van der Waals surface area contributed by atoms with Crippen molar-refractivity contribution in [2.24, 2.45) is 0 Å². The summed E-state index contributed by atoms with van der Waals surface area (Å²) >= 11 is 0. The van der Waals surface area contributed by atoms with Crippen molar-refractivity contribution in [3.8, 4) is 0 Å². The van der Waals surface area contributed by atoms with Gasteiger partial charge in [-0.3, -0.25) is 9.59 Å². The van der Waals surface area contributed by atoms with E-state index in [1.807, 2.05) is 30.3 Å². The van der Waals surface area contributed by atoms with Gasteiger partial charge in [-0.1, -0.05) is 30.3 Å². The highest BCUT2D eigenvalue weighted by molar-refractivity contribution is 5.97. The SMILES string of the molecule is O=C(NCc1ccccc1)C1CN(C(=O)Nc2ccc(F)cc2)CCN1C(=O)c1ccco1. The summed E-state index contributed by atoms with van der Waals surface area (Å²) in [5.74, 6) is -1.08. The van der Waals surface area contributed by atoms with Crippen LogP contribution in [0.1, 0.15) is 16.1 Å². The van der Waals surface area contributed by atoms with Crippen molar-refractivity contribution in [1.82, 2.24) is 15.1 Å². The Morgan fingerprint density at radius 1 is 0.970 bits per heavy atom. The lowest BCUT2D eigenvalue weighted by atomic mass is 10.1. The summed E-state index contributed by atoms with van der Waals surface area (Å²) in [5, 5.41) is 5.55. The third kappa shape index (κ3) is 5.38. The summed E-state index contributed by atoms with van der Waals surface area (Å²) in [5.41, 5.74) is 1.34. The average Bonchev–Trinajstić information content (AvgIpc) is 3.39. The number of rotatable bonds is 5. The highest BCUT2D eigenvalue weighted by Crippen LogP contribution is 2.17. The van der Waals surface area contributed by atoms with Crippen molar-refractivity contribution in [2.45, 2.75) is 12.6 Å². The average molecular weight is 450 g/mol. The summed E-state index contributed by atoms with van der Waals surface area (Å²) in [7, 11) is 0.